The van der Waals surface area contributed by atoms with Gasteiger partial charge in [0.15, 0.2) is 6.61 Å². The Morgan fingerprint density at radius 1 is 1.16 bits per heavy atom. The highest BCUT2D eigenvalue weighted by Gasteiger charge is 2.32. The minimum atomic E-state index is -0.985. The van der Waals surface area contributed by atoms with Gasteiger partial charge >= 0.3 is 0 Å². The number of hydrogen-bond donors (Lipinski definition) is 3. The summed E-state index contributed by atoms with van der Waals surface area (Å²) in [5, 5.41) is 23.6. The van der Waals surface area contributed by atoms with Crippen molar-refractivity contribution in [2.45, 2.75) is 97.2 Å². The molecule has 2 amide bonds. The van der Waals surface area contributed by atoms with Crippen LogP contribution in [0, 0.1) is 33.8 Å². The number of amides is 2. The number of methoxy groups -OCH3 is 2. The van der Waals surface area contributed by atoms with Crippen LogP contribution in [-0.4, -0.2) is 90.6 Å². The second-order valence-corrected chi connectivity index (χ2v) is 12.9. The molecule has 13 nitrogen and oxygen atoms in total. The Balaban J connectivity index is 1.95. The standard InChI is InChI=1S/C32H55N5O8/c1-21(2)25(16-23-15-24(9-7-8-14-43-5)32(44-6)34-19-23)17-28(33)29(38)18-27(22(3)4)31(40)35-26-10-12-36(13-11-26)30(39)20-45-37(41)42/h15,19,21-22,25-29,38H,7-14,16-18,20,33H2,1-6H3,(H,35,40)/t25-,27-,28-,29-/m0/s1. The van der Waals surface area contributed by atoms with E-state index in [0.717, 1.165) is 43.4 Å². The Hall–Kier alpha value is -3.03. The van der Waals surface area contributed by atoms with Gasteiger partial charge in [0.05, 0.1) is 13.2 Å². The third kappa shape index (κ3) is 13.1. The Labute approximate surface area is 267 Å². The van der Waals surface area contributed by atoms with Crippen molar-refractivity contribution in [2.75, 3.05) is 40.5 Å². The number of rotatable bonds is 20. The Bertz CT molecular complexity index is 1060. The van der Waals surface area contributed by atoms with Crippen molar-refractivity contribution in [2.24, 2.45) is 29.4 Å². The number of aryl methyl sites for hydroxylation is 1. The number of pyridine rings is 1. The zero-order valence-corrected chi connectivity index (χ0v) is 27.9. The van der Waals surface area contributed by atoms with Gasteiger partial charge in [-0.05, 0) is 80.8 Å². The second kappa shape index (κ2) is 19.5. The Morgan fingerprint density at radius 3 is 2.42 bits per heavy atom. The number of nitrogens with one attached hydrogen (secondary N) is 1. The summed E-state index contributed by atoms with van der Waals surface area (Å²) in [5.41, 5.74) is 8.76. The number of aliphatic hydroxyl groups is 1. The molecule has 0 bridgehead atoms. The summed E-state index contributed by atoms with van der Waals surface area (Å²) in [6, 6.07) is 1.54. The van der Waals surface area contributed by atoms with Gasteiger partial charge in [-0.3, -0.25) is 9.59 Å². The maximum absolute atomic E-state index is 13.3. The summed E-state index contributed by atoms with van der Waals surface area (Å²) in [6.07, 6.45) is 6.50. The topological polar surface area (TPSA) is 179 Å². The smallest absolute Gasteiger partial charge is 0.295 e. The highest BCUT2D eigenvalue weighted by atomic mass is 16.9. The number of unbranched alkanes of at least 4 members (excludes halogenated alkanes) is 1. The number of likely N-dealkylation sites (tertiary alicyclic amines) is 1. The fraction of sp³-hybridized carbons (Fsp3) is 0.781. The zero-order chi connectivity index (χ0) is 33.5. The average molecular weight is 638 g/mol. The van der Waals surface area contributed by atoms with Gasteiger partial charge in [-0.1, -0.05) is 27.7 Å². The average Bonchev–Trinajstić information content (AvgIpc) is 3.00. The summed E-state index contributed by atoms with van der Waals surface area (Å²) < 4.78 is 10.7. The quantitative estimate of drug-likeness (QED) is 0.109. The number of nitrogens with zero attached hydrogens (tertiary/aromatic N) is 3. The highest BCUT2D eigenvalue weighted by Crippen LogP contribution is 2.28. The molecular weight excluding hydrogens is 582 g/mol. The summed E-state index contributed by atoms with van der Waals surface area (Å²) in [4.78, 5) is 46.0. The summed E-state index contributed by atoms with van der Waals surface area (Å²) in [5.74, 6) is 0.147. The first kappa shape index (κ1) is 38.2. The molecule has 2 rings (SSSR count). The third-order valence-corrected chi connectivity index (χ3v) is 8.85. The first-order valence-electron chi connectivity index (χ1n) is 16.2. The molecule has 0 aromatic carbocycles. The minimum absolute atomic E-state index is 0.0126. The van der Waals surface area contributed by atoms with Crippen LogP contribution in [0.2, 0.25) is 0 Å². The van der Waals surface area contributed by atoms with E-state index in [1.54, 1.807) is 14.2 Å². The number of ether oxygens (including phenoxy) is 2. The molecular formula is C32H55N5O8. The van der Waals surface area contributed by atoms with Crippen molar-refractivity contribution in [3.8, 4) is 5.88 Å². The van der Waals surface area contributed by atoms with Crippen molar-refractivity contribution in [3.05, 3.63) is 33.5 Å². The molecule has 1 aromatic rings. The lowest BCUT2D eigenvalue weighted by molar-refractivity contribution is -0.754. The number of carbonyl (C=O) groups is 2. The molecule has 0 unspecified atom stereocenters. The molecule has 1 aromatic heterocycles. The first-order chi connectivity index (χ1) is 21.4. The number of piperidine rings is 1. The number of aromatic nitrogens is 1. The van der Waals surface area contributed by atoms with Crippen molar-refractivity contribution in [3.63, 3.8) is 0 Å². The van der Waals surface area contributed by atoms with Gasteiger partial charge in [-0.15, -0.1) is 10.1 Å². The zero-order valence-electron chi connectivity index (χ0n) is 27.9. The number of carbonyl (C=O) groups excluding carboxylic acids is 2. The van der Waals surface area contributed by atoms with Crippen molar-refractivity contribution in [1.29, 1.82) is 0 Å². The predicted molar refractivity (Wildman–Crippen MR) is 170 cm³/mol. The molecule has 1 aliphatic rings. The van der Waals surface area contributed by atoms with E-state index in [9.17, 15) is 24.8 Å². The first-order valence-corrected chi connectivity index (χ1v) is 16.2. The SMILES string of the molecule is COCCCCc1cc(C[C@@H](C[C@H](N)[C@@H](O)C[C@H](C(=O)NC2CCN(C(=O)CO[N+](=O)[O-])CC2)C(C)C)C(C)C)cnc1OC. The normalized spacial score (nSPS) is 16.7. The minimum Gasteiger partial charge on any atom is -0.481 e. The van der Waals surface area contributed by atoms with Crippen LogP contribution < -0.4 is 15.8 Å². The third-order valence-electron chi connectivity index (χ3n) is 8.85. The van der Waals surface area contributed by atoms with E-state index in [1.165, 1.54) is 4.90 Å². The van der Waals surface area contributed by atoms with E-state index in [0.29, 0.717) is 44.1 Å². The predicted octanol–water partition coefficient (Wildman–Crippen LogP) is 2.93. The number of hydrogen-bond acceptors (Lipinski definition) is 10. The van der Waals surface area contributed by atoms with Crippen LogP contribution in [0.1, 0.15) is 77.3 Å². The van der Waals surface area contributed by atoms with Gasteiger partial charge in [-0.2, -0.15) is 0 Å². The molecule has 45 heavy (non-hydrogen) atoms. The van der Waals surface area contributed by atoms with Gasteiger partial charge in [-0.25, -0.2) is 4.98 Å². The van der Waals surface area contributed by atoms with Crippen LogP contribution in [0.3, 0.4) is 0 Å². The van der Waals surface area contributed by atoms with Crippen LogP contribution >= 0.6 is 0 Å². The fourth-order valence-corrected chi connectivity index (χ4v) is 5.88. The molecule has 4 atom stereocenters. The summed E-state index contributed by atoms with van der Waals surface area (Å²) in [7, 11) is 3.34. The van der Waals surface area contributed by atoms with Gasteiger partial charge < -0.3 is 35.4 Å². The van der Waals surface area contributed by atoms with Crippen LogP contribution in [0.5, 0.6) is 5.88 Å². The largest absolute Gasteiger partial charge is 0.481 e. The number of aliphatic hydroxyl groups excluding tert-OH is 1. The van der Waals surface area contributed by atoms with Gasteiger partial charge in [0.2, 0.25) is 17.7 Å². The maximum atomic E-state index is 13.3. The lowest BCUT2D eigenvalue weighted by Crippen LogP contribution is -2.50. The molecule has 1 fully saturated rings. The molecule has 4 N–H and O–H groups in total. The number of nitrogens with two attached hydrogens (primary N) is 1. The van der Waals surface area contributed by atoms with E-state index < -0.39 is 35.7 Å². The van der Waals surface area contributed by atoms with Gasteiger partial charge in [0.1, 0.15) is 0 Å². The van der Waals surface area contributed by atoms with Crippen molar-refractivity contribution >= 4 is 11.8 Å². The lowest BCUT2D eigenvalue weighted by atomic mass is 9.80. The van der Waals surface area contributed by atoms with Crippen LogP contribution in [0.25, 0.3) is 0 Å². The van der Waals surface area contributed by atoms with E-state index >= 15 is 0 Å². The molecule has 0 saturated carbocycles. The van der Waals surface area contributed by atoms with Gasteiger partial charge in [0.25, 0.3) is 5.09 Å². The van der Waals surface area contributed by atoms with E-state index in [-0.39, 0.29) is 30.2 Å². The molecule has 256 valence electrons. The summed E-state index contributed by atoms with van der Waals surface area (Å²) in [6.45, 7) is 9.09. The Morgan fingerprint density at radius 2 is 1.84 bits per heavy atom. The van der Waals surface area contributed by atoms with Crippen molar-refractivity contribution < 1.29 is 34.1 Å². The lowest BCUT2D eigenvalue weighted by Gasteiger charge is -2.34. The highest BCUT2D eigenvalue weighted by molar-refractivity contribution is 5.79. The van der Waals surface area contributed by atoms with Crippen LogP contribution in [0.4, 0.5) is 0 Å². The second-order valence-electron chi connectivity index (χ2n) is 12.9. The fourth-order valence-electron chi connectivity index (χ4n) is 5.88. The molecule has 0 aliphatic carbocycles. The molecule has 0 radical (unpaired) electrons. The maximum Gasteiger partial charge on any atom is 0.295 e. The molecule has 0 spiro atoms. The molecule has 13 heteroatoms. The van der Waals surface area contributed by atoms with Crippen molar-refractivity contribution in [1.82, 2.24) is 15.2 Å². The molecule has 1 saturated heterocycles. The monoisotopic (exact) mass is 637 g/mol. The van der Waals surface area contributed by atoms with E-state index in [4.69, 9.17) is 15.2 Å². The Kier molecular flexibility index (Phi) is 16.5. The molecule has 2 heterocycles. The summed E-state index contributed by atoms with van der Waals surface area (Å²) >= 11 is 0. The molecule has 1 aliphatic heterocycles. The van der Waals surface area contributed by atoms with E-state index in [2.05, 4.69) is 35.1 Å². The van der Waals surface area contributed by atoms with Gasteiger partial charge in [0, 0.05) is 56.6 Å². The van der Waals surface area contributed by atoms with E-state index in [1.807, 2.05) is 20.0 Å². The van der Waals surface area contributed by atoms with Crippen LogP contribution in [-0.2, 0) is 32.0 Å². The van der Waals surface area contributed by atoms with Crippen LogP contribution in [0.15, 0.2) is 12.3 Å².